The van der Waals surface area contributed by atoms with Gasteiger partial charge in [0.05, 0.1) is 23.8 Å². The number of fused-ring (bicyclic) bond motifs is 2. The number of alkyl halides is 3. The first kappa shape index (κ1) is 22.5. The summed E-state index contributed by atoms with van der Waals surface area (Å²) in [5.74, 6) is -0.515. The van der Waals surface area contributed by atoms with Crippen LogP contribution in [0, 0.1) is 5.82 Å². The number of halogens is 5. The van der Waals surface area contributed by atoms with E-state index in [9.17, 15) is 26.0 Å². The number of hydrogen-bond donors (Lipinski definition) is 0. The molecule has 0 amide bonds. The molecule has 0 aliphatic carbocycles. The van der Waals surface area contributed by atoms with Crippen LogP contribution in [0.3, 0.4) is 0 Å². The fourth-order valence-electron chi connectivity index (χ4n) is 3.55. The quantitative estimate of drug-likeness (QED) is 0.376. The maximum absolute atomic E-state index is 14.7. The van der Waals surface area contributed by atoms with E-state index in [0.29, 0.717) is 10.9 Å². The van der Waals surface area contributed by atoms with Gasteiger partial charge in [-0.3, -0.25) is 9.67 Å². The molecule has 0 unspecified atom stereocenters. The Balaban J connectivity index is 1.83. The minimum Gasteiger partial charge on any atom is -0.324 e. The molecule has 0 atom stereocenters. The molecule has 0 saturated heterocycles. The van der Waals surface area contributed by atoms with Crippen molar-refractivity contribution in [3.63, 3.8) is 0 Å². The van der Waals surface area contributed by atoms with Gasteiger partial charge in [-0.2, -0.15) is 18.3 Å². The van der Waals surface area contributed by atoms with E-state index in [1.165, 1.54) is 33.8 Å². The summed E-state index contributed by atoms with van der Waals surface area (Å²) in [5.41, 5.74) is 0.583. The first-order valence-corrected chi connectivity index (χ1v) is 11.6. The molecule has 4 aromatic rings. The summed E-state index contributed by atoms with van der Waals surface area (Å²) < 4.78 is 79.6. The smallest absolute Gasteiger partial charge is 0.324 e. The highest BCUT2D eigenvalue weighted by Crippen LogP contribution is 2.28. The molecular formula is C19H16ClF4N5O2S. The van der Waals surface area contributed by atoms with Gasteiger partial charge in [0.15, 0.2) is 20.7 Å². The largest absolute Gasteiger partial charge is 0.389 e. The van der Waals surface area contributed by atoms with E-state index in [4.69, 9.17) is 11.6 Å². The summed E-state index contributed by atoms with van der Waals surface area (Å²) in [7, 11) is -3.67. The van der Waals surface area contributed by atoms with E-state index in [1.54, 1.807) is 0 Å². The SMILES string of the molecule is CS(=O)(=O)c1nn(Cc2nc3cc(Cl)cc(F)c3n2CCCC(F)(F)F)c2cnccc12. The van der Waals surface area contributed by atoms with Crippen LogP contribution in [0.25, 0.3) is 21.9 Å². The molecule has 170 valence electrons. The second-order valence-corrected chi connectivity index (χ2v) is 9.65. The predicted molar refractivity (Wildman–Crippen MR) is 110 cm³/mol. The van der Waals surface area contributed by atoms with Crippen LogP contribution in [0.4, 0.5) is 17.6 Å². The molecule has 0 N–H and O–H groups in total. The average molecular weight is 490 g/mol. The Morgan fingerprint density at radius 2 is 1.97 bits per heavy atom. The molecule has 13 heteroatoms. The van der Waals surface area contributed by atoms with Crippen molar-refractivity contribution in [2.45, 2.75) is 37.1 Å². The van der Waals surface area contributed by atoms with Crippen molar-refractivity contribution in [2.24, 2.45) is 0 Å². The lowest BCUT2D eigenvalue weighted by Crippen LogP contribution is -2.13. The van der Waals surface area contributed by atoms with Gasteiger partial charge in [0, 0.05) is 35.8 Å². The van der Waals surface area contributed by atoms with Gasteiger partial charge in [0.2, 0.25) is 0 Å². The van der Waals surface area contributed by atoms with Crippen molar-refractivity contribution in [1.82, 2.24) is 24.3 Å². The average Bonchev–Trinajstić information content (AvgIpc) is 3.20. The highest BCUT2D eigenvalue weighted by atomic mass is 35.5. The van der Waals surface area contributed by atoms with Crippen LogP contribution in [-0.2, 0) is 22.9 Å². The third-order valence-corrected chi connectivity index (χ3v) is 6.07. The van der Waals surface area contributed by atoms with E-state index in [0.717, 1.165) is 12.3 Å². The van der Waals surface area contributed by atoms with E-state index in [2.05, 4.69) is 15.1 Å². The maximum atomic E-state index is 14.7. The van der Waals surface area contributed by atoms with E-state index >= 15 is 0 Å². The second-order valence-electron chi connectivity index (χ2n) is 7.28. The molecule has 0 fully saturated rings. The van der Waals surface area contributed by atoms with Gasteiger partial charge in [-0.05, 0) is 24.6 Å². The number of benzene rings is 1. The number of aryl methyl sites for hydroxylation is 1. The minimum atomic E-state index is -4.35. The Morgan fingerprint density at radius 3 is 2.66 bits per heavy atom. The molecule has 32 heavy (non-hydrogen) atoms. The molecule has 0 spiro atoms. The zero-order valence-electron chi connectivity index (χ0n) is 16.6. The summed E-state index contributed by atoms with van der Waals surface area (Å²) in [6.07, 6.45) is -1.83. The van der Waals surface area contributed by atoms with E-state index in [1.807, 2.05) is 0 Å². The standard InChI is InChI=1S/C19H16ClF4N5O2S/c1-32(30,31)18-12-3-5-25-9-15(12)29(27-18)10-16-26-14-8-11(20)7-13(21)17(14)28(16)6-2-4-19(22,23)24/h3,5,7-9H,2,4,6,10H2,1H3. The predicted octanol–water partition coefficient (Wildman–Crippen LogP) is 4.37. The fourth-order valence-corrected chi connectivity index (χ4v) is 4.57. The van der Waals surface area contributed by atoms with Gasteiger partial charge in [-0.25, -0.2) is 17.8 Å². The van der Waals surface area contributed by atoms with Gasteiger partial charge in [0.1, 0.15) is 11.3 Å². The van der Waals surface area contributed by atoms with Crippen molar-refractivity contribution >= 4 is 43.4 Å². The van der Waals surface area contributed by atoms with Crippen LogP contribution >= 0.6 is 11.6 Å². The number of hydrogen-bond acceptors (Lipinski definition) is 5. The lowest BCUT2D eigenvalue weighted by atomic mass is 10.2. The Hall–Kier alpha value is -2.73. The van der Waals surface area contributed by atoms with Crippen molar-refractivity contribution in [3.8, 4) is 0 Å². The number of rotatable bonds is 6. The Morgan fingerprint density at radius 1 is 1.22 bits per heavy atom. The summed E-state index contributed by atoms with van der Waals surface area (Å²) in [6, 6.07) is 3.97. The molecule has 1 aromatic carbocycles. The normalized spacial score (nSPS) is 12.8. The van der Waals surface area contributed by atoms with Gasteiger partial charge in [-0.15, -0.1) is 0 Å². The van der Waals surface area contributed by atoms with Crippen LogP contribution < -0.4 is 0 Å². The number of nitrogens with zero attached hydrogens (tertiary/aromatic N) is 5. The monoisotopic (exact) mass is 489 g/mol. The van der Waals surface area contributed by atoms with Gasteiger partial charge in [-0.1, -0.05) is 11.6 Å². The zero-order valence-corrected chi connectivity index (χ0v) is 18.1. The molecule has 0 aliphatic rings. The maximum Gasteiger partial charge on any atom is 0.389 e. The molecule has 7 nitrogen and oxygen atoms in total. The van der Waals surface area contributed by atoms with Gasteiger partial charge >= 0.3 is 6.18 Å². The molecule has 4 rings (SSSR count). The van der Waals surface area contributed by atoms with Crippen LogP contribution in [0.1, 0.15) is 18.7 Å². The molecule has 3 heterocycles. The third kappa shape index (κ3) is 4.42. The number of sulfone groups is 1. The van der Waals surface area contributed by atoms with Crippen LogP contribution in [0.15, 0.2) is 35.6 Å². The minimum absolute atomic E-state index is 0.0181. The van der Waals surface area contributed by atoms with Crippen molar-refractivity contribution < 1.29 is 26.0 Å². The lowest BCUT2D eigenvalue weighted by Gasteiger charge is -2.11. The topological polar surface area (TPSA) is 82.7 Å². The van der Waals surface area contributed by atoms with Crippen LogP contribution in [-0.4, -0.2) is 45.2 Å². The Kier molecular flexibility index (Phi) is 5.61. The molecule has 0 saturated carbocycles. The number of aromatic nitrogens is 5. The summed E-state index contributed by atoms with van der Waals surface area (Å²) in [4.78, 5) is 8.34. The van der Waals surface area contributed by atoms with Crippen molar-refractivity contribution in [3.05, 3.63) is 47.3 Å². The fraction of sp³-hybridized carbons (Fsp3) is 0.316. The Labute approximate surface area is 184 Å². The van der Waals surface area contributed by atoms with E-state index in [-0.39, 0.29) is 46.4 Å². The summed E-state index contributed by atoms with van der Waals surface area (Å²) in [5, 5.41) is 4.44. The highest BCUT2D eigenvalue weighted by Gasteiger charge is 2.27. The molecule has 3 aromatic heterocycles. The molecule has 0 bridgehead atoms. The number of imidazole rings is 1. The zero-order chi connectivity index (χ0) is 23.3. The van der Waals surface area contributed by atoms with E-state index < -0.39 is 28.3 Å². The van der Waals surface area contributed by atoms with Crippen LogP contribution in [0.2, 0.25) is 5.02 Å². The Bertz CT molecular complexity index is 1430. The molecule has 0 aliphatic heterocycles. The van der Waals surface area contributed by atoms with Crippen LogP contribution in [0.5, 0.6) is 0 Å². The first-order valence-electron chi connectivity index (χ1n) is 9.35. The molecule has 0 radical (unpaired) electrons. The third-order valence-electron chi connectivity index (χ3n) is 4.84. The lowest BCUT2D eigenvalue weighted by molar-refractivity contribution is -0.135. The highest BCUT2D eigenvalue weighted by molar-refractivity contribution is 7.90. The van der Waals surface area contributed by atoms with Gasteiger partial charge < -0.3 is 4.57 Å². The van der Waals surface area contributed by atoms with Crippen molar-refractivity contribution in [1.29, 1.82) is 0 Å². The number of pyridine rings is 1. The first-order chi connectivity index (χ1) is 14.9. The molecular weight excluding hydrogens is 474 g/mol. The second kappa shape index (κ2) is 8.00. The summed E-state index contributed by atoms with van der Waals surface area (Å²) in [6.45, 7) is -0.268. The van der Waals surface area contributed by atoms with Gasteiger partial charge in [0.25, 0.3) is 0 Å². The van der Waals surface area contributed by atoms with Crippen molar-refractivity contribution in [2.75, 3.05) is 6.26 Å². The summed E-state index contributed by atoms with van der Waals surface area (Å²) >= 11 is 5.91.